The van der Waals surface area contributed by atoms with Crippen molar-refractivity contribution in [3.63, 3.8) is 0 Å². The lowest BCUT2D eigenvalue weighted by atomic mass is 10.2. The molecule has 0 aliphatic heterocycles. The Labute approximate surface area is 105 Å². The first-order chi connectivity index (χ1) is 8.24. The number of imidazole rings is 1. The summed E-state index contributed by atoms with van der Waals surface area (Å²) in [7, 11) is 0. The van der Waals surface area contributed by atoms with Gasteiger partial charge in [-0.05, 0) is 32.8 Å². The summed E-state index contributed by atoms with van der Waals surface area (Å²) < 4.78 is 2.17. The van der Waals surface area contributed by atoms with Gasteiger partial charge in [-0.1, -0.05) is 5.57 Å². The van der Waals surface area contributed by atoms with Crippen LogP contribution in [0.1, 0.15) is 31.2 Å². The van der Waals surface area contributed by atoms with Gasteiger partial charge in [0, 0.05) is 24.2 Å². The summed E-state index contributed by atoms with van der Waals surface area (Å²) in [4.78, 5) is 5.63. The van der Waals surface area contributed by atoms with Gasteiger partial charge in [0.25, 0.3) is 0 Å². The summed E-state index contributed by atoms with van der Waals surface area (Å²) in [6.45, 7) is 5.25. The van der Waals surface area contributed by atoms with Crippen LogP contribution in [-0.2, 0) is 0 Å². The molecule has 0 bridgehead atoms. The number of hydrogen-bond donors (Lipinski definition) is 1. The highest BCUT2D eigenvalue weighted by atomic mass is 32.1. The SMILES string of the molecule is CC(=Cc1c(C)nc2sccn12)CNC1CC1. The van der Waals surface area contributed by atoms with E-state index in [2.05, 4.69) is 46.2 Å². The molecule has 0 unspecified atom stereocenters. The Kier molecular flexibility index (Phi) is 2.76. The minimum absolute atomic E-state index is 0.769. The minimum atomic E-state index is 0.769. The second-order valence-corrected chi connectivity index (χ2v) is 5.66. The van der Waals surface area contributed by atoms with Gasteiger partial charge in [-0.2, -0.15) is 0 Å². The Morgan fingerprint density at radius 1 is 1.65 bits per heavy atom. The number of aryl methyl sites for hydroxylation is 1. The molecule has 3 rings (SSSR count). The van der Waals surface area contributed by atoms with Crippen LogP contribution in [0, 0.1) is 6.92 Å². The summed E-state index contributed by atoms with van der Waals surface area (Å²) in [6.07, 6.45) is 7.02. The molecule has 2 heterocycles. The molecule has 3 nitrogen and oxygen atoms in total. The third-order valence-corrected chi connectivity index (χ3v) is 3.87. The van der Waals surface area contributed by atoms with Gasteiger partial charge in [0.05, 0.1) is 11.4 Å². The molecule has 1 aliphatic rings. The van der Waals surface area contributed by atoms with E-state index in [-0.39, 0.29) is 0 Å². The van der Waals surface area contributed by atoms with E-state index in [1.54, 1.807) is 11.3 Å². The summed E-state index contributed by atoms with van der Waals surface area (Å²) in [5.74, 6) is 0. The molecule has 1 saturated carbocycles. The highest BCUT2D eigenvalue weighted by Crippen LogP contribution is 2.21. The van der Waals surface area contributed by atoms with E-state index in [1.807, 2.05) is 0 Å². The van der Waals surface area contributed by atoms with Gasteiger partial charge in [-0.3, -0.25) is 4.40 Å². The van der Waals surface area contributed by atoms with Crippen LogP contribution >= 0.6 is 11.3 Å². The topological polar surface area (TPSA) is 29.3 Å². The lowest BCUT2D eigenvalue weighted by Gasteiger charge is -2.03. The predicted molar refractivity (Wildman–Crippen MR) is 72.5 cm³/mol. The van der Waals surface area contributed by atoms with Crippen molar-refractivity contribution in [3.05, 3.63) is 28.5 Å². The number of aromatic nitrogens is 2. The van der Waals surface area contributed by atoms with Crippen LogP contribution in [0.15, 0.2) is 17.2 Å². The lowest BCUT2D eigenvalue weighted by Crippen LogP contribution is -2.18. The maximum atomic E-state index is 4.55. The number of fused-ring (bicyclic) bond motifs is 1. The molecule has 1 fully saturated rings. The number of rotatable bonds is 4. The summed E-state index contributed by atoms with van der Waals surface area (Å²) in [5, 5.41) is 5.62. The molecule has 0 spiro atoms. The van der Waals surface area contributed by atoms with Crippen LogP contribution in [0.2, 0.25) is 0 Å². The quantitative estimate of drug-likeness (QED) is 0.900. The summed E-state index contributed by atoms with van der Waals surface area (Å²) >= 11 is 1.68. The van der Waals surface area contributed by atoms with Crippen molar-refractivity contribution in [2.24, 2.45) is 0 Å². The maximum absolute atomic E-state index is 4.55. The van der Waals surface area contributed by atoms with Crippen LogP contribution in [-0.4, -0.2) is 22.0 Å². The number of nitrogens with one attached hydrogen (secondary N) is 1. The van der Waals surface area contributed by atoms with E-state index in [0.717, 1.165) is 23.2 Å². The Balaban J connectivity index is 1.83. The molecule has 0 saturated heterocycles. The van der Waals surface area contributed by atoms with Gasteiger partial charge < -0.3 is 5.32 Å². The van der Waals surface area contributed by atoms with Crippen molar-refractivity contribution in [1.29, 1.82) is 0 Å². The van der Waals surface area contributed by atoms with Crippen molar-refractivity contribution in [2.75, 3.05) is 6.54 Å². The molecule has 0 radical (unpaired) electrons. The average Bonchev–Trinajstić information content (AvgIpc) is 2.95. The number of thiazole rings is 1. The van der Waals surface area contributed by atoms with Crippen molar-refractivity contribution >= 4 is 22.4 Å². The van der Waals surface area contributed by atoms with Gasteiger partial charge >= 0.3 is 0 Å². The first-order valence-corrected chi connectivity index (χ1v) is 6.95. The van der Waals surface area contributed by atoms with Gasteiger partial charge in [-0.25, -0.2) is 4.98 Å². The Bertz CT molecular complexity index is 560. The molecule has 0 aromatic carbocycles. The first kappa shape index (κ1) is 11.0. The van der Waals surface area contributed by atoms with Crippen molar-refractivity contribution in [3.8, 4) is 0 Å². The maximum Gasteiger partial charge on any atom is 0.194 e. The van der Waals surface area contributed by atoms with E-state index in [4.69, 9.17) is 0 Å². The van der Waals surface area contributed by atoms with Gasteiger partial charge in [0.1, 0.15) is 0 Å². The Hall–Kier alpha value is -1.13. The molecule has 1 N–H and O–H groups in total. The zero-order chi connectivity index (χ0) is 11.8. The van der Waals surface area contributed by atoms with Gasteiger partial charge in [0.2, 0.25) is 0 Å². The Morgan fingerprint density at radius 3 is 3.24 bits per heavy atom. The van der Waals surface area contributed by atoms with E-state index in [0.29, 0.717) is 0 Å². The monoisotopic (exact) mass is 247 g/mol. The molecule has 0 amide bonds. The first-order valence-electron chi connectivity index (χ1n) is 6.07. The molecular weight excluding hydrogens is 230 g/mol. The largest absolute Gasteiger partial charge is 0.310 e. The van der Waals surface area contributed by atoms with Crippen LogP contribution in [0.25, 0.3) is 11.0 Å². The fourth-order valence-corrected chi connectivity index (χ4v) is 2.73. The van der Waals surface area contributed by atoms with E-state index < -0.39 is 0 Å². The molecule has 4 heteroatoms. The van der Waals surface area contributed by atoms with Gasteiger partial charge in [0.15, 0.2) is 4.96 Å². The van der Waals surface area contributed by atoms with Crippen LogP contribution in [0.4, 0.5) is 0 Å². The molecule has 1 aliphatic carbocycles. The second kappa shape index (κ2) is 4.27. The fraction of sp³-hybridized carbons (Fsp3) is 0.462. The normalized spacial score (nSPS) is 16.9. The molecular formula is C13H17N3S. The second-order valence-electron chi connectivity index (χ2n) is 4.78. The number of hydrogen-bond acceptors (Lipinski definition) is 3. The molecule has 2 aromatic heterocycles. The smallest absolute Gasteiger partial charge is 0.194 e. The van der Waals surface area contributed by atoms with E-state index in [1.165, 1.54) is 24.1 Å². The van der Waals surface area contributed by atoms with Gasteiger partial charge in [-0.15, -0.1) is 11.3 Å². The van der Waals surface area contributed by atoms with Crippen LogP contribution < -0.4 is 5.32 Å². The summed E-state index contributed by atoms with van der Waals surface area (Å²) in [5.41, 5.74) is 3.70. The zero-order valence-corrected chi connectivity index (χ0v) is 11.0. The molecule has 17 heavy (non-hydrogen) atoms. The Morgan fingerprint density at radius 2 is 2.47 bits per heavy atom. The van der Waals surface area contributed by atoms with Crippen LogP contribution in [0.3, 0.4) is 0 Å². The zero-order valence-electron chi connectivity index (χ0n) is 10.2. The third kappa shape index (κ3) is 2.28. The van der Waals surface area contributed by atoms with Crippen molar-refractivity contribution < 1.29 is 0 Å². The predicted octanol–water partition coefficient (Wildman–Crippen LogP) is 2.86. The molecule has 90 valence electrons. The molecule has 0 atom stereocenters. The fourth-order valence-electron chi connectivity index (χ4n) is 1.96. The average molecular weight is 247 g/mol. The summed E-state index contributed by atoms with van der Waals surface area (Å²) in [6, 6.07) is 0.769. The highest BCUT2D eigenvalue weighted by molar-refractivity contribution is 7.15. The third-order valence-electron chi connectivity index (χ3n) is 3.11. The standard InChI is InChI=1S/C13H17N3S/c1-9(8-14-11-3-4-11)7-12-10(2)15-13-16(12)5-6-17-13/h5-7,11,14H,3-4,8H2,1-2H3. The lowest BCUT2D eigenvalue weighted by molar-refractivity contribution is 0.735. The molecule has 2 aromatic rings. The van der Waals surface area contributed by atoms with E-state index in [9.17, 15) is 0 Å². The van der Waals surface area contributed by atoms with Crippen molar-refractivity contribution in [2.45, 2.75) is 32.7 Å². The highest BCUT2D eigenvalue weighted by Gasteiger charge is 2.19. The minimum Gasteiger partial charge on any atom is -0.310 e. The number of nitrogens with zero attached hydrogens (tertiary/aromatic N) is 2. The van der Waals surface area contributed by atoms with Crippen molar-refractivity contribution in [1.82, 2.24) is 14.7 Å². The van der Waals surface area contributed by atoms with Crippen LogP contribution in [0.5, 0.6) is 0 Å². The van der Waals surface area contributed by atoms with E-state index >= 15 is 0 Å².